The molecule has 0 aliphatic heterocycles. The Kier molecular flexibility index (Phi) is 6.58. The predicted molar refractivity (Wildman–Crippen MR) is 139 cm³/mol. The molecule has 5 atom stereocenters. The maximum atomic E-state index is 13.8. The Hall–Kier alpha value is -3.99. The number of ketones is 2. The Morgan fingerprint density at radius 3 is 2.46 bits per heavy atom. The van der Waals surface area contributed by atoms with Crippen molar-refractivity contribution in [1.82, 2.24) is 5.32 Å². The summed E-state index contributed by atoms with van der Waals surface area (Å²) in [6.45, 7) is 2.56. The topological polar surface area (TPSA) is 190 Å². The summed E-state index contributed by atoms with van der Waals surface area (Å²) in [6, 6.07) is 13.2. The van der Waals surface area contributed by atoms with E-state index in [4.69, 9.17) is 5.73 Å². The van der Waals surface area contributed by atoms with Crippen LogP contribution in [0.1, 0.15) is 46.3 Å². The maximum Gasteiger partial charge on any atom is 0.255 e. The van der Waals surface area contributed by atoms with E-state index in [0.717, 1.165) is 12.0 Å². The van der Waals surface area contributed by atoms with Crippen LogP contribution in [0.2, 0.25) is 0 Å². The molecule has 8 N–H and O–H groups in total. The van der Waals surface area contributed by atoms with E-state index < -0.39 is 76.0 Å². The summed E-state index contributed by atoms with van der Waals surface area (Å²) in [4.78, 5) is 38.7. The summed E-state index contributed by atoms with van der Waals surface area (Å²) in [6.07, 6.45) is -1.30. The fraction of sp³-hybridized carbons (Fsp3) is 0.345. The van der Waals surface area contributed by atoms with Gasteiger partial charge in [0, 0.05) is 35.9 Å². The third-order valence-electron chi connectivity index (χ3n) is 8.33. The second-order valence-corrected chi connectivity index (χ2v) is 10.4. The molecule has 3 aliphatic carbocycles. The van der Waals surface area contributed by atoms with Gasteiger partial charge in [0.1, 0.15) is 22.8 Å². The van der Waals surface area contributed by atoms with Crippen LogP contribution in [0.3, 0.4) is 0 Å². The van der Waals surface area contributed by atoms with E-state index >= 15 is 0 Å². The van der Waals surface area contributed by atoms with Gasteiger partial charge in [-0.1, -0.05) is 49.4 Å². The number of fused-ring (bicyclic) bond motifs is 3. The van der Waals surface area contributed by atoms with Crippen molar-refractivity contribution in [2.45, 2.75) is 43.9 Å². The van der Waals surface area contributed by atoms with Crippen LogP contribution >= 0.6 is 0 Å². The minimum Gasteiger partial charge on any atom is -0.511 e. The number of phenolic OH excluding ortho intramolecular Hbond substituents is 1. The normalized spacial score (nSPS) is 28.2. The second kappa shape index (κ2) is 9.64. The molecule has 3 aliphatic rings. The van der Waals surface area contributed by atoms with Crippen LogP contribution in [0.15, 0.2) is 65.1 Å². The number of hydrogen-bond acceptors (Lipinski definition) is 9. The van der Waals surface area contributed by atoms with Gasteiger partial charge in [0.15, 0.2) is 11.4 Å². The molecule has 1 amide bonds. The summed E-state index contributed by atoms with van der Waals surface area (Å²) in [5, 5.41) is 58.5. The van der Waals surface area contributed by atoms with Crippen molar-refractivity contribution < 1.29 is 39.9 Å². The first-order valence-electron chi connectivity index (χ1n) is 12.7. The van der Waals surface area contributed by atoms with Crippen LogP contribution in [0.25, 0.3) is 0 Å². The smallest absolute Gasteiger partial charge is 0.255 e. The van der Waals surface area contributed by atoms with E-state index in [9.17, 15) is 39.9 Å². The Labute approximate surface area is 224 Å². The monoisotopic (exact) mass is 534 g/mol. The van der Waals surface area contributed by atoms with Gasteiger partial charge in [-0.3, -0.25) is 14.4 Å². The van der Waals surface area contributed by atoms with Crippen molar-refractivity contribution in [3.8, 4) is 5.75 Å². The number of primary amides is 1. The highest BCUT2D eigenvalue weighted by Crippen LogP contribution is 2.55. The quantitative estimate of drug-likeness (QED) is 0.212. The van der Waals surface area contributed by atoms with Crippen LogP contribution in [-0.2, 0) is 22.6 Å². The molecular weight excluding hydrogens is 504 g/mol. The molecule has 0 aromatic heterocycles. The zero-order valence-electron chi connectivity index (χ0n) is 21.2. The van der Waals surface area contributed by atoms with E-state index in [2.05, 4.69) is 5.32 Å². The number of nitrogens with two attached hydrogens (primary N) is 1. The Bertz CT molecular complexity index is 1450. The highest BCUT2D eigenvalue weighted by molar-refractivity contribution is 6.24. The van der Waals surface area contributed by atoms with Crippen molar-refractivity contribution in [3.05, 3.63) is 87.4 Å². The first kappa shape index (κ1) is 26.6. The molecule has 204 valence electrons. The average Bonchev–Trinajstić information content (AvgIpc) is 2.90. The van der Waals surface area contributed by atoms with Gasteiger partial charge >= 0.3 is 0 Å². The zero-order chi connectivity index (χ0) is 28.2. The van der Waals surface area contributed by atoms with Gasteiger partial charge in [-0.2, -0.15) is 0 Å². The van der Waals surface area contributed by atoms with Gasteiger partial charge in [0.05, 0.1) is 11.7 Å². The van der Waals surface area contributed by atoms with E-state index in [1.807, 2.05) is 30.3 Å². The molecule has 39 heavy (non-hydrogen) atoms. The number of carbonyl (C=O) groups excluding carboxylic acids is 3. The first-order chi connectivity index (χ1) is 18.5. The van der Waals surface area contributed by atoms with Crippen LogP contribution < -0.4 is 11.1 Å². The minimum absolute atomic E-state index is 0.0892. The van der Waals surface area contributed by atoms with E-state index in [-0.39, 0.29) is 17.9 Å². The number of Topliss-reactive ketones (excluding diaryl/α,β-unsaturated/α-hetero) is 2. The van der Waals surface area contributed by atoms with Gasteiger partial charge < -0.3 is 36.6 Å². The highest BCUT2D eigenvalue weighted by Gasteiger charge is 2.64. The number of nitrogens with one attached hydrogen (secondary N) is 1. The molecule has 10 nitrogen and oxygen atoms in total. The number of aliphatic hydroxyl groups excluding tert-OH is 3. The van der Waals surface area contributed by atoms with Crippen molar-refractivity contribution in [2.24, 2.45) is 17.6 Å². The van der Waals surface area contributed by atoms with Crippen LogP contribution in [0.4, 0.5) is 0 Å². The van der Waals surface area contributed by atoms with Gasteiger partial charge in [0.25, 0.3) is 5.91 Å². The number of rotatable bonds is 6. The van der Waals surface area contributed by atoms with Crippen molar-refractivity contribution in [1.29, 1.82) is 0 Å². The average molecular weight is 535 g/mol. The summed E-state index contributed by atoms with van der Waals surface area (Å²) in [5.41, 5.74) is 3.00. The molecule has 2 aromatic rings. The van der Waals surface area contributed by atoms with Gasteiger partial charge in [-0.05, 0) is 30.0 Å². The Morgan fingerprint density at radius 2 is 1.79 bits per heavy atom. The fourth-order valence-electron chi connectivity index (χ4n) is 6.28. The molecule has 0 spiro atoms. The molecule has 0 radical (unpaired) electrons. The summed E-state index contributed by atoms with van der Waals surface area (Å²) >= 11 is 0. The predicted octanol–water partition coefficient (Wildman–Crippen LogP) is 1.44. The molecule has 10 heteroatoms. The zero-order valence-corrected chi connectivity index (χ0v) is 21.2. The van der Waals surface area contributed by atoms with Crippen LogP contribution in [0, 0.1) is 11.8 Å². The molecule has 0 unspecified atom stereocenters. The number of benzene rings is 2. The number of hydrogen-bond donors (Lipinski definition) is 7. The fourth-order valence-corrected chi connectivity index (χ4v) is 6.28. The SMILES string of the molecule is C[C@H]1c2ccc(CNCCc3ccccc3)c(O)c2C(=O)C2=C(O)[C@]3(O)C(=O)C(C(N)=O)=C(O)C[C@@H]3[C@@H](O)[C@@H]21. The Balaban J connectivity index is 1.50. The molecule has 0 fully saturated rings. The van der Waals surface area contributed by atoms with Gasteiger partial charge in [-0.25, -0.2) is 0 Å². The number of aliphatic hydroxyl groups is 4. The lowest BCUT2D eigenvalue weighted by atomic mass is 9.56. The number of carbonyl (C=O) groups is 3. The molecular formula is C29H30N2O8. The summed E-state index contributed by atoms with van der Waals surface area (Å²) in [7, 11) is 0. The van der Waals surface area contributed by atoms with Crippen molar-refractivity contribution >= 4 is 17.5 Å². The number of amides is 1. The third-order valence-corrected chi connectivity index (χ3v) is 8.33. The Morgan fingerprint density at radius 1 is 1.10 bits per heavy atom. The van der Waals surface area contributed by atoms with Gasteiger partial charge in [-0.15, -0.1) is 0 Å². The van der Waals surface area contributed by atoms with Crippen LogP contribution in [-0.4, -0.2) is 61.3 Å². The molecule has 5 rings (SSSR count). The van der Waals surface area contributed by atoms with E-state index in [1.165, 1.54) is 0 Å². The molecule has 0 bridgehead atoms. The standard InChI is InChI=1S/C29H30N2O8/c1-13-16-8-7-15(12-31-10-9-14-5-3-2-4-6-14)23(33)20(16)25(35)22-19(13)24(34)17-11-18(32)21(28(30)38)26(36)29(17,39)27(22)37/h2-8,13,17,19,24,31-34,37,39H,9-12H2,1H3,(H2,30,38)/t13-,17+,19+,24+,29+/m0/s1. The maximum absolute atomic E-state index is 13.8. The summed E-state index contributed by atoms with van der Waals surface area (Å²) < 4.78 is 0. The molecule has 2 aromatic carbocycles. The van der Waals surface area contributed by atoms with Crippen molar-refractivity contribution in [3.63, 3.8) is 0 Å². The second-order valence-electron chi connectivity index (χ2n) is 10.4. The van der Waals surface area contributed by atoms with Crippen molar-refractivity contribution in [2.75, 3.05) is 6.54 Å². The number of phenols is 1. The van der Waals surface area contributed by atoms with E-state index in [0.29, 0.717) is 17.7 Å². The van der Waals surface area contributed by atoms with Crippen LogP contribution in [0.5, 0.6) is 5.75 Å². The van der Waals surface area contributed by atoms with Gasteiger partial charge in [0.2, 0.25) is 5.78 Å². The number of aromatic hydroxyl groups is 1. The largest absolute Gasteiger partial charge is 0.511 e. The first-order valence-corrected chi connectivity index (χ1v) is 12.7. The number of allylic oxidation sites excluding steroid dienone is 1. The summed E-state index contributed by atoms with van der Waals surface area (Å²) in [5.74, 6) is -8.63. The highest BCUT2D eigenvalue weighted by atomic mass is 16.4. The lowest BCUT2D eigenvalue weighted by Crippen LogP contribution is -2.62. The lowest BCUT2D eigenvalue weighted by Gasteiger charge is -2.50. The molecule has 0 heterocycles. The van der Waals surface area contributed by atoms with E-state index in [1.54, 1.807) is 19.1 Å². The molecule has 0 saturated heterocycles. The lowest BCUT2D eigenvalue weighted by molar-refractivity contribution is -0.154. The third kappa shape index (κ3) is 3.94. The molecule has 0 saturated carbocycles. The minimum atomic E-state index is -2.85.